The summed E-state index contributed by atoms with van der Waals surface area (Å²) in [5.41, 5.74) is 5.48. The van der Waals surface area contributed by atoms with E-state index in [9.17, 15) is 9.18 Å². The Labute approximate surface area is 247 Å². The standard InChI is InChI=1S/C35H38FNO5/c1-4-11-29-31(37-35(38)39-3)14-9-15-32(29)40-20-10-21-41-33-23-34(42-24-25-12-7-6-8-13-25)30(22-26(33)5-2)27-16-18-28(36)19-17-27/h6-9,12-19,22-23H,4-5,10-11,20-21,24H2,1-3H3,(H,37,38). The van der Waals surface area contributed by atoms with Gasteiger partial charge >= 0.3 is 6.09 Å². The van der Waals surface area contributed by atoms with Gasteiger partial charge in [-0.15, -0.1) is 0 Å². The maximum Gasteiger partial charge on any atom is 0.411 e. The first-order chi connectivity index (χ1) is 20.5. The summed E-state index contributed by atoms with van der Waals surface area (Å²) in [7, 11) is 1.34. The van der Waals surface area contributed by atoms with Crippen LogP contribution in [-0.4, -0.2) is 26.4 Å². The van der Waals surface area contributed by atoms with E-state index in [4.69, 9.17) is 18.9 Å². The molecule has 0 saturated carbocycles. The summed E-state index contributed by atoms with van der Waals surface area (Å²) < 4.78 is 37.0. The van der Waals surface area contributed by atoms with Crippen molar-refractivity contribution in [1.29, 1.82) is 0 Å². The lowest BCUT2D eigenvalue weighted by atomic mass is 10.00. The van der Waals surface area contributed by atoms with Crippen molar-refractivity contribution in [3.63, 3.8) is 0 Å². The Bertz CT molecular complexity index is 1440. The Morgan fingerprint density at radius 2 is 1.55 bits per heavy atom. The minimum Gasteiger partial charge on any atom is -0.493 e. The fourth-order valence-electron chi connectivity index (χ4n) is 4.64. The van der Waals surface area contributed by atoms with Gasteiger partial charge in [-0.25, -0.2) is 9.18 Å². The fourth-order valence-corrected chi connectivity index (χ4v) is 4.64. The molecule has 4 rings (SSSR count). The molecule has 42 heavy (non-hydrogen) atoms. The highest BCUT2D eigenvalue weighted by Gasteiger charge is 2.15. The molecule has 0 saturated heterocycles. The zero-order valence-corrected chi connectivity index (χ0v) is 24.5. The van der Waals surface area contributed by atoms with Gasteiger partial charge in [0, 0.05) is 23.6 Å². The van der Waals surface area contributed by atoms with Gasteiger partial charge in [-0.1, -0.05) is 68.8 Å². The van der Waals surface area contributed by atoms with Gasteiger partial charge in [0.1, 0.15) is 29.7 Å². The first kappa shape index (κ1) is 30.4. The van der Waals surface area contributed by atoms with Crippen LogP contribution in [0.3, 0.4) is 0 Å². The number of anilines is 1. The van der Waals surface area contributed by atoms with Gasteiger partial charge in [0.05, 0.1) is 26.0 Å². The number of benzene rings is 4. The van der Waals surface area contributed by atoms with Crippen LogP contribution in [-0.2, 0) is 24.2 Å². The molecule has 0 aliphatic carbocycles. The van der Waals surface area contributed by atoms with Gasteiger partial charge in [0.15, 0.2) is 0 Å². The van der Waals surface area contributed by atoms with E-state index < -0.39 is 6.09 Å². The van der Waals surface area contributed by atoms with Crippen LogP contribution in [0.1, 0.15) is 43.4 Å². The van der Waals surface area contributed by atoms with E-state index >= 15 is 0 Å². The van der Waals surface area contributed by atoms with Crippen molar-refractivity contribution in [2.24, 2.45) is 0 Å². The molecule has 220 valence electrons. The average Bonchev–Trinajstić information content (AvgIpc) is 3.02. The van der Waals surface area contributed by atoms with Crippen LogP contribution in [0.25, 0.3) is 11.1 Å². The van der Waals surface area contributed by atoms with Gasteiger partial charge in [-0.2, -0.15) is 0 Å². The van der Waals surface area contributed by atoms with E-state index in [0.717, 1.165) is 58.6 Å². The number of rotatable bonds is 14. The summed E-state index contributed by atoms with van der Waals surface area (Å²) in [6, 6.07) is 26.0. The smallest absolute Gasteiger partial charge is 0.411 e. The molecule has 0 aromatic heterocycles. The highest BCUT2D eigenvalue weighted by molar-refractivity contribution is 5.86. The van der Waals surface area contributed by atoms with Gasteiger partial charge in [0.25, 0.3) is 0 Å². The van der Waals surface area contributed by atoms with Gasteiger partial charge in [-0.3, -0.25) is 5.32 Å². The number of carbonyl (C=O) groups excluding carboxylic acids is 1. The third-order valence-electron chi connectivity index (χ3n) is 6.79. The number of hydrogen-bond acceptors (Lipinski definition) is 5. The second-order valence-corrected chi connectivity index (χ2v) is 9.79. The first-order valence-corrected chi connectivity index (χ1v) is 14.3. The van der Waals surface area contributed by atoms with Crippen molar-refractivity contribution in [3.05, 3.63) is 107 Å². The summed E-state index contributed by atoms with van der Waals surface area (Å²) in [4.78, 5) is 11.8. The zero-order chi connectivity index (χ0) is 29.7. The molecular weight excluding hydrogens is 533 g/mol. The largest absolute Gasteiger partial charge is 0.493 e. The number of nitrogens with one attached hydrogen (secondary N) is 1. The Hall–Kier alpha value is -4.52. The number of amides is 1. The van der Waals surface area contributed by atoms with Crippen molar-refractivity contribution in [2.45, 2.75) is 46.1 Å². The molecule has 1 amide bonds. The summed E-state index contributed by atoms with van der Waals surface area (Å²) in [6.45, 7) is 5.46. The van der Waals surface area contributed by atoms with Crippen LogP contribution in [0.15, 0.2) is 84.9 Å². The summed E-state index contributed by atoms with van der Waals surface area (Å²) in [6.07, 6.45) is 2.57. The molecule has 4 aromatic rings. The molecule has 7 heteroatoms. The van der Waals surface area contributed by atoms with Gasteiger partial charge < -0.3 is 18.9 Å². The Balaban J connectivity index is 1.46. The molecule has 0 bridgehead atoms. The van der Waals surface area contributed by atoms with Crippen LogP contribution >= 0.6 is 0 Å². The van der Waals surface area contributed by atoms with E-state index in [1.54, 1.807) is 12.1 Å². The quantitative estimate of drug-likeness (QED) is 0.154. The minimum atomic E-state index is -0.512. The van der Waals surface area contributed by atoms with Crippen molar-refractivity contribution in [1.82, 2.24) is 0 Å². The average molecular weight is 572 g/mol. The summed E-state index contributed by atoms with van der Waals surface area (Å²) >= 11 is 0. The Kier molecular flexibility index (Phi) is 11.2. The highest BCUT2D eigenvalue weighted by Crippen LogP contribution is 2.37. The van der Waals surface area contributed by atoms with E-state index in [0.29, 0.717) is 37.7 Å². The molecule has 0 heterocycles. The summed E-state index contributed by atoms with van der Waals surface area (Å²) in [5.74, 6) is 1.88. The second-order valence-electron chi connectivity index (χ2n) is 9.79. The third kappa shape index (κ3) is 8.26. The number of halogens is 1. The second kappa shape index (κ2) is 15.5. The van der Waals surface area contributed by atoms with Crippen molar-refractivity contribution in [2.75, 3.05) is 25.6 Å². The normalized spacial score (nSPS) is 10.7. The van der Waals surface area contributed by atoms with Gasteiger partial charge in [-0.05, 0) is 59.9 Å². The number of carbonyl (C=O) groups is 1. The highest BCUT2D eigenvalue weighted by atomic mass is 19.1. The van der Waals surface area contributed by atoms with Crippen molar-refractivity contribution >= 4 is 11.8 Å². The number of aryl methyl sites for hydroxylation is 1. The summed E-state index contributed by atoms with van der Waals surface area (Å²) in [5, 5.41) is 2.77. The van der Waals surface area contributed by atoms with Crippen LogP contribution in [0.4, 0.5) is 14.9 Å². The lowest BCUT2D eigenvalue weighted by Gasteiger charge is -2.18. The molecule has 0 aliphatic rings. The molecule has 0 atom stereocenters. The van der Waals surface area contributed by atoms with Gasteiger partial charge in [0.2, 0.25) is 0 Å². The SMILES string of the molecule is CCCc1c(NC(=O)OC)cccc1OCCCOc1cc(OCc2ccccc2)c(-c2ccc(F)cc2)cc1CC. The predicted molar refractivity (Wildman–Crippen MR) is 164 cm³/mol. The molecule has 0 spiro atoms. The van der Waals surface area contributed by atoms with E-state index in [1.165, 1.54) is 19.2 Å². The molecule has 6 nitrogen and oxygen atoms in total. The monoisotopic (exact) mass is 571 g/mol. The molecular formula is C35H38FNO5. The topological polar surface area (TPSA) is 66.0 Å². The van der Waals surface area contributed by atoms with E-state index in [1.807, 2.05) is 54.6 Å². The van der Waals surface area contributed by atoms with E-state index in [-0.39, 0.29) is 5.82 Å². The number of hydrogen-bond donors (Lipinski definition) is 1. The van der Waals surface area contributed by atoms with E-state index in [2.05, 4.69) is 25.2 Å². The van der Waals surface area contributed by atoms with Crippen LogP contribution in [0.5, 0.6) is 17.2 Å². The van der Waals surface area contributed by atoms with Crippen LogP contribution in [0.2, 0.25) is 0 Å². The van der Waals surface area contributed by atoms with Crippen LogP contribution < -0.4 is 19.5 Å². The maximum atomic E-state index is 13.7. The number of ether oxygens (including phenoxy) is 4. The minimum absolute atomic E-state index is 0.281. The maximum absolute atomic E-state index is 13.7. The lowest BCUT2D eigenvalue weighted by Crippen LogP contribution is -2.13. The molecule has 0 radical (unpaired) electrons. The molecule has 1 N–H and O–H groups in total. The molecule has 4 aromatic carbocycles. The van der Waals surface area contributed by atoms with Crippen molar-refractivity contribution in [3.8, 4) is 28.4 Å². The Morgan fingerprint density at radius 3 is 2.24 bits per heavy atom. The predicted octanol–water partition coefficient (Wildman–Crippen LogP) is 8.61. The molecule has 0 aliphatic heterocycles. The van der Waals surface area contributed by atoms with Crippen molar-refractivity contribution < 1.29 is 28.1 Å². The molecule has 0 fully saturated rings. The fraction of sp³-hybridized carbons (Fsp3) is 0.286. The first-order valence-electron chi connectivity index (χ1n) is 14.3. The zero-order valence-electron chi connectivity index (χ0n) is 24.5. The van der Waals surface area contributed by atoms with Crippen LogP contribution in [0, 0.1) is 5.82 Å². The molecule has 0 unspecified atom stereocenters. The Morgan fingerprint density at radius 1 is 0.810 bits per heavy atom. The lowest BCUT2D eigenvalue weighted by molar-refractivity contribution is 0.187. The number of methoxy groups -OCH3 is 1. The third-order valence-corrected chi connectivity index (χ3v) is 6.79.